The minimum absolute atomic E-state index is 0.00526. The van der Waals surface area contributed by atoms with Crippen LogP contribution in [0, 0.1) is 0 Å². The summed E-state index contributed by atoms with van der Waals surface area (Å²) in [4.78, 5) is 75.1. The van der Waals surface area contributed by atoms with Crippen molar-refractivity contribution in [1.29, 1.82) is 0 Å². The number of fused-ring (bicyclic) bond motifs is 3. The van der Waals surface area contributed by atoms with Crippen molar-refractivity contribution in [3.05, 3.63) is 257 Å². The number of ether oxygens (including phenoxy) is 4. The standard InChI is InChI=1S/C21H23NO5.C20H23NO5.C20H23NO4.C20H21NO4/c1-14(26)27-21-10-15(2-4-18(21)12-24)9-20-19-5-3-16(11-23)8-17(19)6-7-22(20)13-25;1-14(24)26-19-10-16(5-6-18(19)13-23)11-20(25)21-8-7-15-3-2-4-17(9-15)12-22;2*1-13(24)25-20-10-14(2-4-17(20)12-23)9-19-18-5-3-15(11-22)8-16(18)6-7-21-19/h2-5,8,10,13,20,23-24H,6-7,9,11-12H2,1H3;2-6,9-10,22-23H,7-8,11-13H2,1H3,(H,21,25);2-5,8,10,19,21-23H,6-7,9,11-12H2,1H3;2-5,8,10,22-23H,6-7,9,11-12H2,1H3. The lowest BCUT2D eigenvalue weighted by Gasteiger charge is -2.35. The summed E-state index contributed by atoms with van der Waals surface area (Å²) < 4.78 is 20.7. The van der Waals surface area contributed by atoms with Crippen molar-refractivity contribution in [2.24, 2.45) is 4.99 Å². The summed E-state index contributed by atoms with van der Waals surface area (Å²) in [5.41, 5.74) is 18.4. The summed E-state index contributed by atoms with van der Waals surface area (Å²) in [6, 6.07) is 46.9. The molecule has 10 N–H and O–H groups in total. The van der Waals surface area contributed by atoms with E-state index in [2.05, 4.69) is 27.8 Å². The first-order valence-corrected chi connectivity index (χ1v) is 34.0. The average Bonchev–Trinajstić information content (AvgIpc) is 0.797. The van der Waals surface area contributed by atoms with E-state index in [1.165, 1.54) is 44.4 Å². The molecule has 0 aromatic heterocycles. The highest BCUT2D eigenvalue weighted by atomic mass is 16.5. The zero-order valence-corrected chi connectivity index (χ0v) is 58.4. The third-order valence-corrected chi connectivity index (χ3v) is 17.6. The minimum Gasteiger partial charge on any atom is -0.426 e. The van der Waals surface area contributed by atoms with Crippen molar-refractivity contribution in [3.8, 4) is 23.0 Å². The van der Waals surface area contributed by atoms with Crippen molar-refractivity contribution < 1.29 is 88.6 Å². The summed E-state index contributed by atoms with van der Waals surface area (Å²) in [5.74, 6) is -0.471. The fourth-order valence-corrected chi connectivity index (χ4v) is 12.5. The molecule has 0 fully saturated rings. The average molecular weight is 1410 g/mol. The van der Waals surface area contributed by atoms with Crippen LogP contribution in [0.5, 0.6) is 23.0 Å². The summed E-state index contributed by atoms with van der Waals surface area (Å²) in [6.07, 6.45) is 6.18. The van der Waals surface area contributed by atoms with Crippen LogP contribution in [0.1, 0.15) is 145 Å². The molecule has 0 bridgehead atoms. The molecule has 2 unspecified atom stereocenters. The van der Waals surface area contributed by atoms with Crippen LogP contribution in [0.15, 0.2) is 157 Å². The molecule has 8 aromatic rings. The molecule has 103 heavy (non-hydrogen) atoms. The molecule has 11 rings (SSSR count). The van der Waals surface area contributed by atoms with Crippen LogP contribution in [-0.4, -0.2) is 114 Å². The highest BCUT2D eigenvalue weighted by molar-refractivity contribution is 6.04. The minimum atomic E-state index is -0.480. The first kappa shape index (κ1) is 78.6. The molecular weight excluding hydrogens is 1320 g/mol. The Balaban J connectivity index is 0.000000174. The maximum absolute atomic E-state index is 12.1. The molecule has 0 radical (unpaired) electrons. The number of hydrogen-bond donors (Lipinski definition) is 10. The van der Waals surface area contributed by atoms with Gasteiger partial charge in [-0.2, -0.15) is 0 Å². The van der Waals surface area contributed by atoms with Gasteiger partial charge in [0.1, 0.15) is 23.0 Å². The predicted molar refractivity (Wildman–Crippen MR) is 384 cm³/mol. The van der Waals surface area contributed by atoms with Gasteiger partial charge in [0.15, 0.2) is 0 Å². The van der Waals surface area contributed by atoms with E-state index in [4.69, 9.17) is 24.1 Å². The monoisotopic (exact) mass is 1410 g/mol. The number of aliphatic hydroxyl groups excluding tert-OH is 8. The first-order valence-electron chi connectivity index (χ1n) is 34.0. The number of carbonyl (C=O) groups is 6. The number of carbonyl (C=O) groups excluding carboxylic acids is 6. The van der Waals surface area contributed by atoms with E-state index in [1.807, 2.05) is 91.0 Å². The number of benzene rings is 8. The first-order chi connectivity index (χ1) is 49.8. The van der Waals surface area contributed by atoms with Gasteiger partial charge in [-0.3, -0.25) is 33.8 Å². The van der Waals surface area contributed by atoms with E-state index in [0.29, 0.717) is 77.4 Å². The highest BCUT2D eigenvalue weighted by Gasteiger charge is 2.28. The molecule has 0 saturated carbocycles. The number of nitrogens with zero attached hydrogens (tertiary/aromatic N) is 2. The Morgan fingerprint density at radius 1 is 0.476 bits per heavy atom. The van der Waals surface area contributed by atoms with Gasteiger partial charge in [-0.25, -0.2) is 0 Å². The van der Waals surface area contributed by atoms with Crippen LogP contribution in [0.3, 0.4) is 0 Å². The molecule has 22 nitrogen and oxygen atoms in total. The normalized spacial score (nSPS) is 14.0. The van der Waals surface area contributed by atoms with Crippen LogP contribution < -0.4 is 29.6 Å². The van der Waals surface area contributed by atoms with E-state index < -0.39 is 23.9 Å². The number of esters is 4. The Morgan fingerprint density at radius 2 is 0.922 bits per heavy atom. The molecule has 8 aromatic carbocycles. The Labute approximate surface area is 598 Å². The van der Waals surface area contributed by atoms with Gasteiger partial charge in [0.25, 0.3) is 0 Å². The summed E-state index contributed by atoms with van der Waals surface area (Å²) >= 11 is 0. The maximum atomic E-state index is 12.1. The molecule has 3 aliphatic rings. The molecular formula is C81H90N4O18. The third kappa shape index (κ3) is 22.9. The predicted octanol–water partition coefficient (Wildman–Crippen LogP) is 7.60. The van der Waals surface area contributed by atoms with Gasteiger partial charge >= 0.3 is 23.9 Å². The van der Waals surface area contributed by atoms with Gasteiger partial charge in [-0.1, -0.05) is 127 Å². The number of aliphatic imine (C=N–C) groups is 1. The second-order valence-electron chi connectivity index (χ2n) is 25.1. The smallest absolute Gasteiger partial charge is 0.308 e. The molecule has 0 saturated heterocycles. The lowest BCUT2D eigenvalue weighted by molar-refractivity contribution is -0.132. The highest BCUT2D eigenvalue weighted by Crippen LogP contribution is 2.35. The largest absolute Gasteiger partial charge is 0.426 e. The van der Waals surface area contributed by atoms with Crippen LogP contribution in [0.2, 0.25) is 0 Å². The molecule has 2 atom stereocenters. The fraction of sp³-hybridized carbons (Fsp3) is 0.321. The van der Waals surface area contributed by atoms with Crippen molar-refractivity contribution in [2.75, 3.05) is 26.2 Å². The Kier molecular flexibility index (Phi) is 30.0. The van der Waals surface area contributed by atoms with Crippen molar-refractivity contribution >= 4 is 41.9 Å². The number of rotatable bonds is 24. The number of aliphatic hydroxyl groups is 8. The number of nitrogens with one attached hydrogen (secondary N) is 2. The van der Waals surface area contributed by atoms with E-state index in [9.17, 15) is 64.5 Å². The molecule has 542 valence electrons. The van der Waals surface area contributed by atoms with Crippen LogP contribution in [0.25, 0.3) is 0 Å². The number of hydrogen-bond acceptors (Lipinski definition) is 20. The molecule has 3 heterocycles. The van der Waals surface area contributed by atoms with Gasteiger partial charge in [0.2, 0.25) is 12.3 Å². The van der Waals surface area contributed by atoms with E-state index >= 15 is 0 Å². The topological polar surface area (TPSA) is 341 Å². The third-order valence-electron chi connectivity index (χ3n) is 17.6. The van der Waals surface area contributed by atoms with E-state index in [0.717, 1.165) is 112 Å². The van der Waals surface area contributed by atoms with Gasteiger partial charge < -0.3 is 75.3 Å². The Morgan fingerprint density at radius 3 is 1.45 bits per heavy atom. The summed E-state index contributed by atoms with van der Waals surface area (Å²) in [5, 5.41) is 81.0. The molecule has 22 heteroatoms. The molecule has 2 amide bonds. The van der Waals surface area contributed by atoms with Gasteiger partial charge in [-0.05, 0) is 153 Å². The van der Waals surface area contributed by atoms with Gasteiger partial charge in [0, 0.05) is 87.8 Å². The summed E-state index contributed by atoms with van der Waals surface area (Å²) in [7, 11) is 0. The van der Waals surface area contributed by atoms with Crippen LogP contribution in [-0.2, 0) is 133 Å². The maximum Gasteiger partial charge on any atom is 0.308 e. The van der Waals surface area contributed by atoms with Gasteiger partial charge in [-0.15, -0.1) is 0 Å². The lowest BCUT2D eigenvalue weighted by Crippen LogP contribution is -2.35. The van der Waals surface area contributed by atoms with E-state index in [1.54, 1.807) is 53.4 Å². The van der Waals surface area contributed by atoms with Crippen molar-refractivity contribution in [3.63, 3.8) is 0 Å². The zero-order chi connectivity index (χ0) is 74.0. The second kappa shape index (κ2) is 39.4. The van der Waals surface area contributed by atoms with E-state index in [-0.39, 0.29) is 83.0 Å². The molecule has 0 aliphatic carbocycles. The second-order valence-corrected chi connectivity index (χ2v) is 25.1. The SMILES string of the molecule is CC(=O)Oc1cc(CC(=O)NCCc2cccc(CO)c2)ccc1CO.CC(=O)Oc1cc(CC2=NCCc3cc(CO)ccc32)ccc1CO.CC(=O)Oc1cc(CC2NCCc3cc(CO)ccc32)ccc1CO.CC(=O)Oc1cc(CC2c3ccc(CO)cc3CCN2C=O)ccc1CO. The van der Waals surface area contributed by atoms with Crippen LogP contribution >= 0.6 is 0 Å². The Hall–Kier alpha value is -10.1. The molecule has 0 spiro atoms. The fourth-order valence-electron chi connectivity index (χ4n) is 12.5. The van der Waals surface area contributed by atoms with Gasteiger partial charge in [0.05, 0.1) is 65.3 Å². The van der Waals surface area contributed by atoms with Crippen LogP contribution in [0.4, 0.5) is 0 Å². The lowest BCUT2D eigenvalue weighted by atomic mass is 9.88. The quantitative estimate of drug-likeness (QED) is 0.0158. The summed E-state index contributed by atoms with van der Waals surface area (Å²) in [6.45, 7) is 7.26. The van der Waals surface area contributed by atoms with Crippen molar-refractivity contribution in [1.82, 2.24) is 15.5 Å². The molecule has 3 aliphatic heterocycles. The zero-order valence-electron chi connectivity index (χ0n) is 58.4. The van der Waals surface area contributed by atoms with Crippen molar-refractivity contribution in [2.45, 2.75) is 144 Å². The Bertz CT molecular complexity index is 4300. The number of amides is 2.